The van der Waals surface area contributed by atoms with E-state index < -0.39 is 0 Å². The summed E-state index contributed by atoms with van der Waals surface area (Å²) >= 11 is 0. The van der Waals surface area contributed by atoms with Gasteiger partial charge in [-0.15, -0.1) is 0 Å². The number of rotatable bonds is 4. The summed E-state index contributed by atoms with van der Waals surface area (Å²) in [4.78, 5) is 12.2. The van der Waals surface area contributed by atoms with Gasteiger partial charge in [0.1, 0.15) is 11.7 Å². The number of hydrogen-bond acceptors (Lipinski definition) is 4. The molecule has 1 spiro atoms. The summed E-state index contributed by atoms with van der Waals surface area (Å²) in [5.74, 6) is 0.395. The van der Waals surface area contributed by atoms with E-state index in [4.69, 9.17) is 14.2 Å². The number of epoxide rings is 2. The molecule has 2 heterocycles. The number of carbonyl (C=O) groups is 1. The highest BCUT2D eigenvalue weighted by molar-refractivity contribution is 5.85. The van der Waals surface area contributed by atoms with Gasteiger partial charge in [-0.25, -0.2) is 0 Å². The van der Waals surface area contributed by atoms with Crippen LogP contribution in [-0.4, -0.2) is 42.9 Å². The summed E-state index contributed by atoms with van der Waals surface area (Å²) in [6.45, 7) is 2.90. The lowest BCUT2D eigenvalue weighted by Gasteiger charge is -2.35. The van der Waals surface area contributed by atoms with Crippen LogP contribution in [0.5, 0.6) is 0 Å². The first-order chi connectivity index (χ1) is 9.57. The molecule has 0 bridgehead atoms. The second-order valence-electron chi connectivity index (χ2n) is 6.89. The van der Waals surface area contributed by atoms with Crippen molar-refractivity contribution in [2.45, 2.75) is 62.4 Å². The maximum atomic E-state index is 12.2. The quantitative estimate of drug-likeness (QED) is 0.583. The topological polar surface area (TPSA) is 51.4 Å². The van der Waals surface area contributed by atoms with E-state index in [1.165, 1.54) is 12.8 Å². The summed E-state index contributed by atoms with van der Waals surface area (Å²) in [5, 5.41) is 0. The Bertz CT molecular complexity index is 473. The van der Waals surface area contributed by atoms with Crippen molar-refractivity contribution < 1.29 is 19.0 Å². The van der Waals surface area contributed by atoms with Gasteiger partial charge in [0.15, 0.2) is 5.78 Å². The van der Waals surface area contributed by atoms with Crippen LogP contribution in [0.3, 0.4) is 0 Å². The third kappa shape index (κ3) is 1.97. The van der Waals surface area contributed by atoms with Gasteiger partial charge in [-0.05, 0) is 26.2 Å². The molecule has 2 aliphatic heterocycles. The average molecular weight is 278 g/mol. The van der Waals surface area contributed by atoms with Crippen LogP contribution in [0.15, 0.2) is 11.6 Å². The Kier molecular flexibility index (Phi) is 2.70. The van der Waals surface area contributed by atoms with Gasteiger partial charge in [0, 0.05) is 25.9 Å². The summed E-state index contributed by atoms with van der Waals surface area (Å²) in [7, 11) is 1.61. The summed E-state index contributed by atoms with van der Waals surface area (Å²) < 4.78 is 17.0. The SMILES string of the molecule is CO[C@H]1C[C@]2(CO2)C([C@@]2(C)O[C@@H]2CC=C2CC2)CC1=O. The highest BCUT2D eigenvalue weighted by Crippen LogP contribution is 2.58. The molecule has 4 nitrogen and oxygen atoms in total. The van der Waals surface area contributed by atoms with E-state index in [1.807, 2.05) is 0 Å². The molecule has 2 saturated heterocycles. The fraction of sp³-hybridized carbons (Fsp3) is 0.812. The van der Waals surface area contributed by atoms with Crippen molar-refractivity contribution in [1.29, 1.82) is 0 Å². The van der Waals surface area contributed by atoms with Crippen LogP contribution in [-0.2, 0) is 19.0 Å². The van der Waals surface area contributed by atoms with Crippen molar-refractivity contribution in [1.82, 2.24) is 0 Å². The number of hydrogen-bond donors (Lipinski definition) is 0. The van der Waals surface area contributed by atoms with Crippen molar-refractivity contribution in [3.05, 3.63) is 11.6 Å². The molecule has 0 aromatic carbocycles. The van der Waals surface area contributed by atoms with Gasteiger partial charge in [0.2, 0.25) is 0 Å². The lowest BCUT2D eigenvalue weighted by atomic mass is 9.70. The van der Waals surface area contributed by atoms with Crippen LogP contribution < -0.4 is 0 Å². The van der Waals surface area contributed by atoms with Gasteiger partial charge in [0.25, 0.3) is 0 Å². The van der Waals surface area contributed by atoms with E-state index in [0.717, 1.165) is 13.0 Å². The minimum absolute atomic E-state index is 0.162. The van der Waals surface area contributed by atoms with Crippen molar-refractivity contribution in [2.75, 3.05) is 13.7 Å². The monoisotopic (exact) mass is 278 g/mol. The first-order valence-electron chi connectivity index (χ1n) is 7.62. The molecule has 4 aliphatic rings. The Morgan fingerprint density at radius 1 is 1.45 bits per heavy atom. The molecule has 4 heteroatoms. The molecule has 0 N–H and O–H groups in total. The Morgan fingerprint density at radius 3 is 2.80 bits per heavy atom. The molecular weight excluding hydrogens is 256 g/mol. The lowest BCUT2D eigenvalue weighted by molar-refractivity contribution is -0.137. The number of methoxy groups -OCH3 is 1. The second kappa shape index (κ2) is 4.15. The van der Waals surface area contributed by atoms with Crippen LogP contribution >= 0.6 is 0 Å². The number of ketones is 1. The van der Waals surface area contributed by atoms with Crippen LogP contribution in [0.4, 0.5) is 0 Å². The van der Waals surface area contributed by atoms with E-state index in [0.29, 0.717) is 12.8 Å². The fourth-order valence-corrected chi connectivity index (χ4v) is 3.85. The molecule has 4 fully saturated rings. The molecule has 0 aromatic heterocycles. The van der Waals surface area contributed by atoms with Gasteiger partial charge in [-0.3, -0.25) is 4.79 Å². The van der Waals surface area contributed by atoms with Crippen molar-refractivity contribution in [2.24, 2.45) is 5.92 Å². The van der Waals surface area contributed by atoms with Gasteiger partial charge < -0.3 is 14.2 Å². The van der Waals surface area contributed by atoms with E-state index >= 15 is 0 Å². The predicted octanol–water partition coefficient (Wildman–Crippen LogP) is 2.02. The molecular formula is C16H22O4. The van der Waals surface area contributed by atoms with E-state index in [-0.39, 0.29) is 35.1 Å². The minimum Gasteiger partial charge on any atom is -0.374 e. The molecule has 0 amide bonds. The van der Waals surface area contributed by atoms with Gasteiger partial charge in [-0.1, -0.05) is 11.6 Å². The molecule has 4 rings (SSSR count). The largest absolute Gasteiger partial charge is 0.374 e. The van der Waals surface area contributed by atoms with Crippen LogP contribution in [0.2, 0.25) is 0 Å². The van der Waals surface area contributed by atoms with Crippen LogP contribution in [0, 0.1) is 5.92 Å². The molecule has 110 valence electrons. The summed E-state index contributed by atoms with van der Waals surface area (Å²) in [6, 6.07) is 0. The fourth-order valence-electron chi connectivity index (χ4n) is 3.85. The maximum Gasteiger partial charge on any atom is 0.162 e. The average Bonchev–Trinajstić information content (AvgIpc) is 3.28. The zero-order valence-corrected chi connectivity index (χ0v) is 12.2. The van der Waals surface area contributed by atoms with E-state index in [9.17, 15) is 4.79 Å². The van der Waals surface area contributed by atoms with Crippen LogP contribution in [0.25, 0.3) is 0 Å². The number of carbonyl (C=O) groups excluding carboxylic acids is 1. The zero-order valence-electron chi connectivity index (χ0n) is 12.2. The highest BCUT2D eigenvalue weighted by Gasteiger charge is 2.69. The number of ether oxygens (including phenoxy) is 3. The van der Waals surface area contributed by atoms with Crippen molar-refractivity contribution in [3.63, 3.8) is 0 Å². The van der Waals surface area contributed by atoms with Gasteiger partial charge in [-0.2, -0.15) is 0 Å². The second-order valence-corrected chi connectivity index (χ2v) is 6.89. The molecule has 1 unspecified atom stereocenters. The molecule has 2 aliphatic carbocycles. The van der Waals surface area contributed by atoms with E-state index in [1.54, 1.807) is 12.7 Å². The normalized spacial score (nSPS) is 49.4. The Morgan fingerprint density at radius 2 is 2.20 bits per heavy atom. The highest BCUT2D eigenvalue weighted by atomic mass is 16.6. The Hall–Kier alpha value is -0.710. The summed E-state index contributed by atoms with van der Waals surface area (Å²) in [6.07, 6.45) is 7.01. The smallest absolute Gasteiger partial charge is 0.162 e. The predicted molar refractivity (Wildman–Crippen MR) is 72.4 cm³/mol. The third-order valence-corrected chi connectivity index (χ3v) is 5.56. The number of allylic oxidation sites excluding steroid dienone is 1. The molecule has 2 saturated carbocycles. The van der Waals surface area contributed by atoms with Gasteiger partial charge >= 0.3 is 0 Å². The minimum atomic E-state index is -0.289. The Labute approximate surface area is 119 Å². The maximum absolute atomic E-state index is 12.2. The van der Waals surface area contributed by atoms with Crippen molar-refractivity contribution in [3.8, 4) is 0 Å². The van der Waals surface area contributed by atoms with Gasteiger partial charge in [0.05, 0.1) is 18.3 Å². The summed E-state index contributed by atoms with van der Waals surface area (Å²) in [5.41, 5.74) is 1.21. The van der Waals surface area contributed by atoms with Crippen molar-refractivity contribution >= 4 is 5.78 Å². The third-order valence-electron chi connectivity index (χ3n) is 5.56. The standard InChI is InChI=1S/C16H22O4/c1-15(14(20-15)6-5-10-3-4-10)13-7-11(17)12(18-2)8-16(13)9-19-16/h5,12-14H,3-4,6-9H2,1-2H3/t12-,13?,14+,15+,16-/m0/s1. The lowest BCUT2D eigenvalue weighted by Crippen LogP contribution is -2.48. The molecule has 20 heavy (non-hydrogen) atoms. The first-order valence-corrected chi connectivity index (χ1v) is 7.62. The first kappa shape index (κ1) is 13.0. The zero-order chi connectivity index (χ0) is 14.0. The molecule has 0 radical (unpaired) electrons. The van der Waals surface area contributed by atoms with Crippen LogP contribution in [0.1, 0.15) is 39.0 Å². The molecule has 0 aromatic rings. The molecule has 5 atom stereocenters. The number of Topliss-reactive ketones (excluding diaryl/α,β-unsaturated/α-hetero) is 1. The Balaban J connectivity index is 1.48. The van der Waals surface area contributed by atoms with E-state index in [2.05, 4.69) is 13.0 Å².